The summed E-state index contributed by atoms with van der Waals surface area (Å²) in [4.78, 5) is 6.99. The molecule has 0 amide bonds. The van der Waals surface area contributed by atoms with E-state index >= 15 is 0 Å². The van der Waals surface area contributed by atoms with Crippen LogP contribution in [-0.2, 0) is 16.6 Å². The van der Waals surface area contributed by atoms with Crippen LogP contribution in [0.2, 0.25) is 10.0 Å². The minimum absolute atomic E-state index is 0.0648. The lowest BCUT2D eigenvalue weighted by molar-refractivity contribution is 0.180. The minimum Gasteiger partial charge on any atom is -0.295 e. The van der Waals surface area contributed by atoms with E-state index in [1.807, 2.05) is 5.38 Å². The van der Waals surface area contributed by atoms with Crippen LogP contribution in [0.3, 0.4) is 0 Å². The molecule has 1 aliphatic rings. The SMILES string of the molecule is O=S(=O)(c1cc(Cl)ccc1Cl)N1CCN(Cc2csc(-c3ccsc3)n2)CC1. The highest BCUT2D eigenvalue weighted by Gasteiger charge is 2.30. The summed E-state index contributed by atoms with van der Waals surface area (Å²) in [5.74, 6) is 0. The molecule has 3 aromatic rings. The highest BCUT2D eigenvalue weighted by molar-refractivity contribution is 7.89. The molecule has 0 bridgehead atoms. The van der Waals surface area contributed by atoms with Gasteiger partial charge in [0.15, 0.2) is 0 Å². The largest absolute Gasteiger partial charge is 0.295 e. The average molecular weight is 474 g/mol. The van der Waals surface area contributed by atoms with Crippen molar-refractivity contribution in [1.82, 2.24) is 14.2 Å². The van der Waals surface area contributed by atoms with Crippen LogP contribution in [0, 0.1) is 0 Å². The van der Waals surface area contributed by atoms with Gasteiger partial charge in [-0.2, -0.15) is 15.6 Å². The summed E-state index contributed by atoms with van der Waals surface area (Å²) in [6.45, 7) is 2.82. The number of thiophene rings is 1. The van der Waals surface area contributed by atoms with Gasteiger partial charge in [-0.15, -0.1) is 11.3 Å². The maximum atomic E-state index is 12.9. The molecule has 3 heterocycles. The van der Waals surface area contributed by atoms with Crippen molar-refractivity contribution in [3.63, 3.8) is 0 Å². The van der Waals surface area contributed by atoms with E-state index in [1.165, 1.54) is 16.4 Å². The maximum Gasteiger partial charge on any atom is 0.244 e. The van der Waals surface area contributed by atoms with Gasteiger partial charge in [-0.25, -0.2) is 13.4 Å². The molecule has 4 rings (SSSR count). The first-order valence-corrected chi connectivity index (χ1v) is 12.6. The number of halogens is 2. The second kappa shape index (κ2) is 8.39. The number of nitrogens with zero attached hydrogens (tertiary/aromatic N) is 3. The number of hydrogen-bond acceptors (Lipinski definition) is 6. The number of piperazine rings is 1. The van der Waals surface area contributed by atoms with Crippen molar-refractivity contribution >= 4 is 55.9 Å². The summed E-state index contributed by atoms with van der Waals surface area (Å²) in [7, 11) is -3.66. The van der Waals surface area contributed by atoms with Gasteiger partial charge in [0, 0.05) is 54.1 Å². The van der Waals surface area contributed by atoms with Gasteiger partial charge in [0.25, 0.3) is 0 Å². The summed E-state index contributed by atoms with van der Waals surface area (Å²) in [6.07, 6.45) is 0. The summed E-state index contributed by atoms with van der Waals surface area (Å²) in [5, 5.41) is 7.77. The Morgan fingerprint density at radius 1 is 1.07 bits per heavy atom. The van der Waals surface area contributed by atoms with Gasteiger partial charge in [-0.1, -0.05) is 23.2 Å². The lowest BCUT2D eigenvalue weighted by atomic mass is 10.3. The Balaban J connectivity index is 1.40. The molecule has 1 aliphatic heterocycles. The maximum absolute atomic E-state index is 12.9. The molecule has 0 aliphatic carbocycles. The van der Waals surface area contributed by atoms with Gasteiger partial charge < -0.3 is 0 Å². The molecule has 1 aromatic carbocycles. The summed E-state index contributed by atoms with van der Waals surface area (Å²) < 4.78 is 27.3. The summed E-state index contributed by atoms with van der Waals surface area (Å²) in [5.41, 5.74) is 2.16. The number of hydrogen-bond donors (Lipinski definition) is 0. The van der Waals surface area contributed by atoms with Crippen molar-refractivity contribution in [1.29, 1.82) is 0 Å². The van der Waals surface area contributed by atoms with E-state index in [4.69, 9.17) is 28.2 Å². The normalized spacial score (nSPS) is 16.5. The van der Waals surface area contributed by atoms with Gasteiger partial charge in [-0.3, -0.25) is 4.90 Å². The smallest absolute Gasteiger partial charge is 0.244 e. The Hall–Kier alpha value is -1.00. The summed E-state index contributed by atoms with van der Waals surface area (Å²) in [6, 6.07) is 6.57. The zero-order valence-corrected chi connectivity index (χ0v) is 18.7. The topological polar surface area (TPSA) is 53.5 Å². The Bertz CT molecular complexity index is 1060. The third-order valence-electron chi connectivity index (χ3n) is 4.55. The van der Waals surface area contributed by atoms with Gasteiger partial charge >= 0.3 is 0 Å². The molecule has 0 spiro atoms. The molecule has 148 valence electrons. The summed E-state index contributed by atoms with van der Waals surface area (Å²) >= 11 is 15.4. The van der Waals surface area contributed by atoms with E-state index < -0.39 is 10.0 Å². The lowest BCUT2D eigenvalue weighted by Crippen LogP contribution is -2.48. The fourth-order valence-corrected chi connectivity index (χ4v) is 6.75. The van der Waals surface area contributed by atoms with E-state index in [-0.39, 0.29) is 9.92 Å². The molecular weight excluding hydrogens is 457 g/mol. The van der Waals surface area contributed by atoms with Gasteiger partial charge in [0.1, 0.15) is 9.90 Å². The Morgan fingerprint density at radius 3 is 2.57 bits per heavy atom. The highest BCUT2D eigenvalue weighted by Crippen LogP contribution is 2.29. The number of rotatable bonds is 5. The first-order valence-electron chi connectivity index (χ1n) is 8.58. The molecule has 0 N–H and O–H groups in total. The van der Waals surface area contributed by atoms with E-state index in [0.717, 1.165) is 16.3 Å². The van der Waals surface area contributed by atoms with Crippen molar-refractivity contribution in [3.8, 4) is 10.6 Å². The van der Waals surface area contributed by atoms with Crippen molar-refractivity contribution < 1.29 is 8.42 Å². The third-order valence-corrected chi connectivity index (χ3v) is 8.79. The molecule has 0 atom stereocenters. The van der Waals surface area contributed by atoms with Crippen LogP contribution in [0.15, 0.2) is 45.3 Å². The van der Waals surface area contributed by atoms with Crippen molar-refractivity contribution in [2.45, 2.75) is 11.4 Å². The molecule has 2 aromatic heterocycles. The Morgan fingerprint density at radius 2 is 1.86 bits per heavy atom. The molecule has 1 saturated heterocycles. The van der Waals surface area contributed by atoms with Gasteiger partial charge in [0.2, 0.25) is 10.0 Å². The standard InChI is InChI=1S/C18H17Cl2N3O2S3/c19-14-1-2-16(20)17(9-14)28(24,25)23-6-4-22(5-7-23)10-15-12-27-18(21-15)13-3-8-26-11-13/h1-3,8-9,11-12H,4-7,10H2. The van der Waals surface area contributed by atoms with Crippen LogP contribution in [-0.4, -0.2) is 48.8 Å². The van der Waals surface area contributed by atoms with Crippen LogP contribution in [0.1, 0.15) is 5.69 Å². The first-order chi connectivity index (χ1) is 13.4. The zero-order chi connectivity index (χ0) is 19.7. The monoisotopic (exact) mass is 473 g/mol. The van der Waals surface area contributed by atoms with Gasteiger partial charge in [0.05, 0.1) is 10.7 Å². The van der Waals surface area contributed by atoms with Crippen LogP contribution >= 0.6 is 45.9 Å². The van der Waals surface area contributed by atoms with Crippen LogP contribution < -0.4 is 0 Å². The predicted octanol–water partition coefficient (Wildman–Crippen LogP) is 4.68. The molecule has 0 radical (unpaired) electrons. The van der Waals surface area contributed by atoms with E-state index in [1.54, 1.807) is 28.7 Å². The van der Waals surface area contributed by atoms with Crippen LogP contribution in [0.25, 0.3) is 10.6 Å². The Kier molecular flexibility index (Phi) is 6.08. The second-order valence-electron chi connectivity index (χ2n) is 6.41. The number of sulfonamides is 1. The van der Waals surface area contributed by atoms with Crippen LogP contribution in [0.5, 0.6) is 0 Å². The molecule has 10 heteroatoms. The van der Waals surface area contributed by atoms with E-state index in [0.29, 0.717) is 37.7 Å². The number of thiazole rings is 1. The molecule has 1 fully saturated rings. The number of aromatic nitrogens is 1. The van der Waals surface area contributed by atoms with E-state index in [9.17, 15) is 8.42 Å². The molecule has 0 saturated carbocycles. The fraction of sp³-hybridized carbons (Fsp3) is 0.278. The van der Waals surface area contributed by atoms with Crippen LogP contribution in [0.4, 0.5) is 0 Å². The predicted molar refractivity (Wildman–Crippen MR) is 116 cm³/mol. The molecular formula is C18H17Cl2N3O2S3. The average Bonchev–Trinajstić information content (AvgIpc) is 3.36. The van der Waals surface area contributed by atoms with Gasteiger partial charge in [-0.05, 0) is 29.6 Å². The lowest BCUT2D eigenvalue weighted by Gasteiger charge is -2.33. The Labute approximate surface area is 182 Å². The first kappa shape index (κ1) is 20.3. The molecule has 0 unspecified atom stereocenters. The molecule has 28 heavy (non-hydrogen) atoms. The molecule has 5 nitrogen and oxygen atoms in total. The van der Waals surface area contributed by atoms with E-state index in [2.05, 4.69) is 21.7 Å². The van der Waals surface area contributed by atoms with Crippen molar-refractivity contribution in [3.05, 3.63) is 56.1 Å². The fourth-order valence-electron chi connectivity index (χ4n) is 3.07. The quantitative estimate of drug-likeness (QED) is 0.539. The minimum atomic E-state index is -3.66. The number of benzene rings is 1. The third kappa shape index (κ3) is 4.28. The van der Waals surface area contributed by atoms with Crippen molar-refractivity contribution in [2.24, 2.45) is 0 Å². The second-order valence-corrected chi connectivity index (χ2v) is 10.8. The zero-order valence-electron chi connectivity index (χ0n) is 14.7. The van der Waals surface area contributed by atoms with Crippen molar-refractivity contribution in [2.75, 3.05) is 26.2 Å². The highest BCUT2D eigenvalue weighted by atomic mass is 35.5.